The van der Waals surface area contributed by atoms with E-state index in [0.29, 0.717) is 17.8 Å². The van der Waals surface area contributed by atoms with E-state index in [-0.39, 0.29) is 23.5 Å². The summed E-state index contributed by atoms with van der Waals surface area (Å²) in [5.41, 5.74) is 3.41. The van der Waals surface area contributed by atoms with Crippen LogP contribution >= 0.6 is 0 Å². The van der Waals surface area contributed by atoms with Crippen molar-refractivity contribution < 1.29 is 13.7 Å². The third-order valence-electron chi connectivity index (χ3n) is 5.35. The minimum Gasteiger partial charge on any atom is -0.350 e. The van der Waals surface area contributed by atoms with Crippen molar-refractivity contribution in [3.63, 3.8) is 0 Å². The lowest BCUT2D eigenvalue weighted by atomic mass is 10.0. The Hall–Kier alpha value is -2.99. The van der Waals surface area contributed by atoms with Gasteiger partial charge in [-0.2, -0.15) is 0 Å². The SMILES string of the molecule is Cc1ccc([C@H](CNC(=O)c2cc(-c3cccc(F)c3)no2)N2CCCC2)cc1. The molecule has 1 atom stereocenters. The fourth-order valence-corrected chi connectivity index (χ4v) is 3.74. The predicted molar refractivity (Wildman–Crippen MR) is 109 cm³/mol. The number of hydrogen-bond donors (Lipinski definition) is 1. The van der Waals surface area contributed by atoms with Crippen LogP contribution in [-0.4, -0.2) is 35.6 Å². The zero-order chi connectivity index (χ0) is 20.2. The van der Waals surface area contributed by atoms with Crippen LogP contribution in [0.1, 0.15) is 40.6 Å². The van der Waals surface area contributed by atoms with E-state index in [4.69, 9.17) is 4.52 Å². The monoisotopic (exact) mass is 393 g/mol. The lowest BCUT2D eigenvalue weighted by molar-refractivity contribution is 0.0901. The summed E-state index contributed by atoms with van der Waals surface area (Å²) in [5, 5.41) is 6.88. The highest BCUT2D eigenvalue weighted by Crippen LogP contribution is 2.25. The standard InChI is InChI=1S/C23H24FN3O2/c1-16-7-9-17(10-8-16)21(27-11-2-3-12-27)15-25-23(28)22-14-20(26-29-22)18-5-4-6-19(24)13-18/h4-10,13-14,21H,2-3,11-12,15H2,1H3,(H,25,28)/t21-/m0/s1. The van der Waals surface area contributed by atoms with Crippen LogP contribution in [0, 0.1) is 12.7 Å². The van der Waals surface area contributed by atoms with Crippen molar-refractivity contribution in [2.24, 2.45) is 0 Å². The van der Waals surface area contributed by atoms with Gasteiger partial charge in [0.1, 0.15) is 11.5 Å². The molecule has 0 radical (unpaired) electrons. The second-order valence-corrected chi connectivity index (χ2v) is 7.47. The molecular formula is C23H24FN3O2. The molecule has 3 aromatic rings. The minimum absolute atomic E-state index is 0.118. The van der Waals surface area contributed by atoms with Gasteiger partial charge in [0.2, 0.25) is 5.76 Å². The molecule has 5 nitrogen and oxygen atoms in total. The summed E-state index contributed by atoms with van der Waals surface area (Å²) in [5.74, 6) is -0.562. The molecule has 1 N–H and O–H groups in total. The maximum Gasteiger partial charge on any atom is 0.289 e. The van der Waals surface area contributed by atoms with Gasteiger partial charge in [-0.1, -0.05) is 47.1 Å². The smallest absolute Gasteiger partial charge is 0.289 e. The molecule has 4 rings (SSSR count). The van der Waals surface area contributed by atoms with Crippen molar-refractivity contribution in [1.82, 2.24) is 15.4 Å². The van der Waals surface area contributed by atoms with Crippen LogP contribution in [-0.2, 0) is 0 Å². The molecule has 150 valence electrons. The maximum absolute atomic E-state index is 13.4. The van der Waals surface area contributed by atoms with Crippen LogP contribution in [0.25, 0.3) is 11.3 Å². The molecule has 0 saturated carbocycles. The van der Waals surface area contributed by atoms with E-state index in [1.807, 2.05) is 0 Å². The van der Waals surface area contributed by atoms with Gasteiger partial charge in [0, 0.05) is 18.2 Å². The number of aryl methyl sites for hydroxylation is 1. The van der Waals surface area contributed by atoms with Crippen LogP contribution in [0.2, 0.25) is 0 Å². The maximum atomic E-state index is 13.4. The van der Waals surface area contributed by atoms with Gasteiger partial charge >= 0.3 is 0 Å². The van der Waals surface area contributed by atoms with E-state index in [1.165, 1.54) is 36.1 Å². The van der Waals surface area contributed by atoms with Crippen LogP contribution in [0.4, 0.5) is 4.39 Å². The Balaban J connectivity index is 1.46. The van der Waals surface area contributed by atoms with Gasteiger partial charge in [0.25, 0.3) is 5.91 Å². The van der Waals surface area contributed by atoms with Crippen LogP contribution in [0.3, 0.4) is 0 Å². The average molecular weight is 393 g/mol. The van der Waals surface area contributed by atoms with E-state index >= 15 is 0 Å². The van der Waals surface area contributed by atoms with Gasteiger partial charge in [0.15, 0.2) is 0 Å². The lowest BCUT2D eigenvalue weighted by Gasteiger charge is -2.28. The highest BCUT2D eigenvalue weighted by atomic mass is 19.1. The van der Waals surface area contributed by atoms with Crippen molar-refractivity contribution in [2.75, 3.05) is 19.6 Å². The van der Waals surface area contributed by atoms with E-state index in [9.17, 15) is 9.18 Å². The second kappa shape index (κ2) is 8.57. The van der Waals surface area contributed by atoms with Gasteiger partial charge in [-0.3, -0.25) is 9.69 Å². The number of benzene rings is 2. The molecule has 1 aliphatic rings. The molecule has 1 aliphatic heterocycles. The van der Waals surface area contributed by atoms with Crippen molar-refractivity contribution >= 4 is 5.91 Å². The molecule has 1 saturated heterocycles. The number of likely N-dealkylation sites (tertiary alicyclic amines) is 1. The van der Waals surface area contributed by atoms with Gasteiger partial charge < -0.3 is 9.84 Å². The van der Waals surface area contributed by atoms with Crippen LogP contribution < -0.4 is 5.32 Å². The number of rotatable bonds is 6. The number of aromatic nitrogens is 1. The van der Waals surface area contributed by atoms with E-state index in [0.717, 1.165) is 13.1 Å². The van der Waals surface area contributed by atoms with E-state index < -0.39 is 0 Å². The molecule has 2 aromatic carbocycles. The quantitative estimate of drug-likeness (QED) is 0.676. The molecule has 0 aliphatic carbocycles. The molecule has 2 heterocycles. The van der Waals surface area contributed by atoms with Crippen molar-refractivity contribution in [1.29, 1.82) is 0 Å². The predicted octanol–water partition coefficient (Wildman–Crippen LogP) is 4.36. The Kier molecular flexibility index (Phi) is 5.71. The zero-order valence-electron chi connectivity index (χ0n) is 16.4. The van der Waals surface area contributed by atoms with Gasteiger partial charge in [-0.25, -0.2) is 4.39 Å². The lowest BCUT2D eigenvalue weighted by Crippen LogP contribution is -2.36. The number of hydrogen-bond acceptors (Lipinski definition) is 4. The van der Waals surface area contributed by atoms with Gasteiger partial charge in [-0.05, 0) is 50.6 Å². The molecular weight excluding hydrogens is 369 g/mol. The Labute approximate surface area is 169 Å². The fraction of sp³-hybridized carbons (Fsp3) is 0.304. The van der Waals surface area contributed by atoms with E-state index in [1.54, 1.807) is 18.2 Å². The highest BCUT2D eigenvalue weighted by molar-refractivity contribution is 5.92. The van der Waals surface area contributed by atoms with Gasteiger partial charge in [0.05, 0.1) is 6.04 Å². The Morgan fingerprint density at radius 1 is 1.17 bits per heavy atom. The van der Waals surface area contributed by atoms with Crippen molar-refractivity contribution in [3.8, 4) is 11.3 Å². The molecule has 1 aromatic heterocycles. The first-order valence-corrected chi connectivity index (χ1v) is 9.91. The Morgan fingerprint density at radius 2 is 1.93 bits per heavy atom. The molecule has 1 amide bonds. The normalized spacial score (nSPS) is 15.4. The summed E-state index contributed by atoms with van der Waals surface area (Å²) in [6.45, 7) is 4.61. The molecule has 0 spiro atoms. The van der Waals surface area contributed by atoms with Crippen LogP contribution in [0.15, 0.2) is 59.1 Å². The summed E-state index contributed by atoms with van der Waals surface area (Å²) < 4.78 is 18.6. The Morgan fingerprint density at radius 3 is 2.66 bits per heavy atom. The van der Waals surface area contributed by atoms with Gasteiger partial charge in [-0.15, -0.1) is 0 Å². The zero-order valence-corrected chi connectivity index (χ0v) is 16.4. The first-order chi connectivity index (χ1) is 14.1. The summed E-state index contributed by atoms with van der Waals surface area (Å²) >= 11 is 0. The minimum atomic E-state index is -0.358. The third kappa shape index (κ3) is 4.54. The summed E-state index contributed by atoms with van der Waals surface area (Å²) in [7, 11) is 0. The molecule has 6 heteroatoms. The Bertz CT molecular complexity index is 978. The van der Waals surface area contributed by atoms with Crippen molar-refractivity contribution in [3.05, 3.63) is 77.3 Å². The molecule has 0 bridgehead atoms. The summed E-state index contributed by atoms with van der Waals surface area (Å²) in [4.78, 5) is 15.0. The number of nitrogens with one attached hydrogen (secondary N) is 1. The topological polar surface area (TPSA) is 58.4 Å². The summed E-state index contributed by atoms with van der Waals surface area (Å²) in [6.07, 6.45) is 2.35. The largest absolute Gasteiger partial charge is 0.350 e. The number of nitrogens with zero attached hydrogens (tertiary/aromatic N) is 2. The first-order valence-electron chi connectivity index (χ1n) is 9.91. The molecule has 29 heavy (non-hydrogen) atoms. The fourth-order valence-electron chi connectivity index (χ4n) is 3.74. The van der Waals surface area contributed by atoms with Crippen LogP contribution in [0.5, 0.6) is 0 Å². The highest BCUT2D eigenvalue weighted by Gasteiger charge is 2.25. The van der Waals surface area contributed by atoms with E-state index in [2.05, 4.69) is 46.6 Å². The molecule has 0 unspecified atom stereocenters. The number of amides is 1. The summed E-state index contributed by atoms with van der Waals surface area (Å²) in [6, 6.07) is 16.2. The van der Waals surface area contributed by atoms with Crippen molar-refractivity contribution in [2.45, 2.75) is 25.8 Å². The molecule has 1 fully saturated rings. The average Bonchev–Trinajstić information content (AvgIpc) is 3.42. The second-order valence-electron chi connectivity index (χ2n) is 7.47. The number of halogens is 1. The number of carbonyl (C=O) groups is 1. The first kappa shape index (κ1) is 19.3. The number of carbonyl (C=O) groups excluding carboxylic acids is 1. The third-order valence-corrected chi connectivity index (χ3v) is 5.35.